The molecule has 0 unspecified atom stereocenters. The molecule has 0 bridgehead atoms. The molecule has 2 aromatic rings. The maximum absolute atomic E-state index is 13.5. The Morgan fingerprint density at radius 2 is 2.04 bits per heavy atom. The predicted molar refractivity (Wildman–Crippen MR) is 87.6 cm³/mol. The normalized spacial score (nSPS) is 12.3. The van der Waals surface area contributed by atoms with Crippen molar-refractivity contribution in [2.45, 2.75) is 26.4 Å². The number of aromatic hydroxyl groups is 1. The summed E-state index contributed by atoms with van der Waals surface area (Å²) in [5.74, 6) is -0.698. The molecule has 2 rings (SSSR count). The molecule has 122 valence electrons. The van der Waals surface area contributed by atoms with Crippen LogP contribution in [-0.2, 0) is 4.84 Å². The van der Waals surface area contributed by atoms with E-state index in [9.17, 15) is 14.7 Å². The Bertz CT molecular complexity index is 737. The Morgan fingerprint density at radius 1 is 1.35 bits per heavy atom. The van der Waals surface area contributed by atoms with Crippen LogP contribution in [0.1, 0.15) is 32.0 Å². The third-order valence-electron chi connectivity index (χ3n) is 2.77. The van der Waals surface area contributed by atoms with E-state index in [-0.39, 0.29) is 21.6 Å². The monoisotopic (exact) mass is 382 g/mol. The van der Waals surface area contributed by atoms with Gasteiger partial charge in [0.1, 0.15) is 11.4 Å². The van der Waals surface area contributed by atoms with Gasteiger partial charge in [-0.2, -0.15) is 4.73 Å². The van der Waals surface area contributed by atoms with E-state index in [1.807, 2.05) is 0 Å². The van der Waals surface area contributed by atoms with E-state index in [4.69, 9.17) is 4.84 Å². The van der Waals surface area contributed by atoms with E-state index in [1.54, 1.807) is 20.8 Å². The van der Waals surface area contributed by atoms with Crippen LogP contribution in [0, 0.1) is 11.0 Å². The smallest absolute Gasteiger partial charge is 0.288 e. The highest BCUT2D eigenvalue weighted by atomic mass is 79.9. The molecule has 0 aliphatic rings. The van der Waals surface area contributed by atoms with Crippen LogP contribution in [0.5, 0.6) is 5.75 Å². The van der Waals surface area contributed by atoms with Crippen LogP contribution < -0.4 is 4.73 Å². The van der Waals surface area contributed by atoms with Gasteiger partial charge >= 0.3 is 0 Å². The molecule has 0 amide bonds. The van der Waals surface area contributed by atoms with Crippen molar-refractivity contribution in [2.75, 3.05) is 0 Å². The van der Waals surface area contributed by atoms with E-state index >= 15 is 0 Å². The summed E-state index contributed by atoms with van der Waals surface area (Å²) in [5, 5.41) is 26.1. The van der Waals surface area contributed by atoms with E-state index in [0.29, 0.717) is 10.3 Å². The minimum absolute atomic E-state index is 0.0738. The number of pyridine rings is 1. The Kier molecular flexibility index (Phi) is 4.89. The number of hydrogen-bond donors (Lipinski definition) is 1. The first-order chi connectivity index (χ1) is 10.7. The number of benzene rings is 1. The standard InChI is InChI=1S/C16H16BrFN2O3/c1-16(2,3)23-19-14(10-6-7-12(18)11(17)9-10)15-13(21)5-4-8-20(15)22/h4-9,21H,1-3H3/b19-14+. The Hall–Kier alpha value is -2.15. The third kappa shape index (κ3) is 4.19. The van der Waals surface area contributed by atoms with Gasteiger partial charge in [-0.1, -0.05) is 5.16 Å². The predicted octanol–water partition coefficient (Wildman–Crippen LogP) is 3.49. The molecule has 0 aliphatic carbocycles. The first kappa shape index (κ1) is 17.2. The lowest BCUT2D eigenvalue weighted by atomic mass is 10.1. The second-order valence-electron chi connectivity index (χ2n) is 5.84. The Balaban J connectivity index is 2.63. The van der Waals surface area contributed by atoms with Crippen LogP contribution in [0.25, 0.3) is 0 Å². The van der Waals surface area contributed by atoms with Crippen LogP contribution in [0.2, 0.25) is 0 Å². The van der Waals surface area contributed by atoms with E-state index < -0.39 is 11.4 Å². The minimum atomic E-state index is -0.597. The maximum atomic E-state index is 13.5. The average molecular weight is 383 g/mol. The summed E-state index contributed by atoms with van der Waals surface area (Å²) in [6.07, 6.45) is 1.24. The van der Waals surface area contributed by atoms with Crippen molar-refractivity contribution in [2.24, 2.45) is 5.16 Å². The van der Waals surface area contributed by atoms with Gasteiger partial charge in [0.25, 0.3) is 5.69 Å². The zero-order chi connectivity index (χ0) is 17.2. The number of hydrogen-bond acceptors (Lipinski definition) is 4. The summed E-state index contributed by atoms with van der Waals surface area (Å²) < 4.78 is 14.2. The average Bonchev–Trinajstić information content (AvgIpc) is 2.44. The maximum Gasteiger partial charge on any atom is 0.288 e. The summed E-state index contributed by atoms with van der Waals surface area (Å²) in [6, 6.07) is 6.94. The highest BCUT2D eigenvalue weighted by molar-refractivity contribution is 9.10. The van der Waals surface area contributed by atoms with Crippen molar-refractivity contribution in [1.82, 2.24) is 0 Å². The molecule has 23 heavy (non-hydrogen) atoms. The first-order valence-electron chi connectivity index (χ1n) is 6.82. The molecule has 1 N–H and O–H groups in total. The molecule has 7 heteroatoms. The fourth-order valence-electron chi connectivity index (χ4n) is 1.76. The molecular weight excluding hydrogens is 367 g/mol. The van der Waals surface area contributed by atoms with Crippen LogP contribution in [0.15, 0.2) is 46.2 Å². The summed E-state index contributed by atoms with van der Waals surface area (Å²) in [7, 11) is 0. The zero-order valence-electron chi connectivity index (χ0n) is 12.9. The van der Waals surface area contributed by atoms with Crippen molar-refractivity contribution in [3.63, 3.8) is 0 Å². The zero-order valence-corrected chi connectivity index (χ0v) is 14.5. The van der Waals surface area contributed by atoms with Crippen LogP contribution >= 0.6 is 15.9 Å². The van der Waals surface area contributed by atoms with E-state index in [2.05, 4.69) is 21.1 Å². The molecule has 5 nitrogen and oxygen atoms in total. The lowest BCUT2D eigenvalue weighted by Gasteiger charge is -2.17. The number of nitrogens with zero attached hydrogens (tertiary/aromatic N) is 2. The van der Waals surface area contributed by atoms with E-state index in [0.717, 1.165) is 0 Å². The summed E-state index contributed by atoms with van der Waals surface area (Å²) in [6.45, 7) is 5.39. The molecular formula is C16H16BrFN2O3. The summed E-state index contributed by atoms with van der Waals surface area (Å²) >= 11 is 3.10. The minimum Gasteiger partial charge on any atom is -0.618 e. The molecule has 0 spiro atoms. The summed E-state index contributed by atoms with van der Waals surface area (Å²) in [5.41, 5.74) is -0.140. The number of rotatable bonds is 3. The van der Waals surface area contributed by atoms with Crippen molar-refractivity contribution in [3.8, 4) is 5.75 Å². The third-order valence-corrected chi connectivity index (χ3v) is 3.37. The molecule has 1 aromatic heterocycles. The number of aromatic nitrogens is 1. The van der Waals surface area contributed by atoms with Crippen LogP contribution in [0.3, 0.4) is 0 Å². The molecule has 0 saturated heterocycles. The number of halogens is 2. The van der Waals surface area contributed by atoms with Gasteiger partial charge in [-0.05, 0) is 61.0 Å². The molecule has 0 aliphatic heterocycles. The fraction of sp³-hybridized carbons (Fsp3) is 0.250. The van der Waals surface area contributed by atoms with Gasteiger partial charge in [0.15, 0.2) is 17.7 Å². The second kappa shape index (κ2) is 6.54. The quantitative estimate of drug-likeness (QED) is 0.382. The molecule has 0 saturated carbocycles. The number of oxime groups is 1. The molecule has 0 radical (unpaired) electrons. The van der Waals surface area contributed by atoms with Gasteiger partial charge in [0.2, 0.25) is 0 Å². The highest BCUT2D eigenvalue weighted by Crippen LogP contribution is 2.23. The van der Waals surface area contributed by atoms with Gasteiger partial charge < -0.3 is 15.2 Å². The Morgan fingerprint density at radius 3 is 2.61 bits per heavy atom. The van der Waals surface area contributed by atoms with Gasteiger partial charge in [0, 0.05) is 11.6 Å². The van der Waals surface area contributed by atoms with Gasteiger partial charge in [0.05, 0.1) is 4.47 Å². The van der Waals surface area contributed by atoms with Crippen molar-refractivity contribution in [1.29, 1.82) is 0 Å². The molecule has 1 aromatic carbocycles. The lowest BCUT2D eigenvalue weighted by molar-refractivity contribution is -0.607. The van der Waals surface area contributed by atoms with Crippen molar-refractivity contribution in [3.05, 3.63) is 63.3 Å². The second-order valence-corrected chi connectivity index (χ2v) is 6.69. The fourth-order valence-corrected chi connectivity index (χ4v) is 2.14. The van der Waals surface area contributed by atoms with Crippen LogP contribution in [-0.4, -0.2) is 16.4 Å². The van der Waals surface area contributed by atoms with Crippen LogP contribution in [0.4, 0.5) is 4.39 Å². The molecule has 0 atom stereocenters. The summed E-state index contributed by atoms with van der Waals surface area (Å²) in [4.78, 5) is 5.40. The molecule has 1 heterocycles. The lowest BCUT2D eigenvalue weighted by Crippen LogP contribution is -2.35. The van der Waals surface area contributed by atoms with Gasteiger partial charge in [-0.25, -0.2) is 4.39 Å². The SMILES string of the molecule is CC(C)(C)O/N=C(\c1ccc(F)c(Br)c1)c1c(O)ccc[n+]1[O-]. The van der Waals surface area contributed by atoms with Gasteiger partial charge in [-0.15, -0.1) is 0 Å². The van der Waals surface area contributed by atoms with Crippen molar-refractivity contribution < 1.29 is 19.1 Å². The van der Waals surface area contributed by atoms with E-state index in [1.165, 1.54) is 36.5 Å². The highest BCUT2D eigenvalue weighted by Gasteiger charge is 2.24. The topological polar surface area (TPSA) is 68.8 Å². The molecule has 0 fully saturated rings. The van der Waals surface area contributed by atoms with Gasteiger partial charge in [-0.3, -0.25) is 0 Å². The Labute approximate surface area is 141 Å². The first-order valence-corrected chi connectivity index (χ1v) is 7.61. The largest absolute Gasteiger partial charge is 0.618 e. The van der Waals surface area contributed by atoms with Crippen molar-refractivity contribution >= 4 is 21.6 Å².